The van der Waals surface area contributed by atoms with Crippen LogP contribution in [0.4, 0.5) is 0 Å². The van der Waals surface area contributed by atoms with Gasteiger partial charge in [0.25, 0.3) is 0 Å². The number of amides is 1. The van der Waals surface area contributed by atoms with Crippen molar-refractivity contribution in [2.75, 3.05) is 7.05 Å². The molecule has 4 heteroatoms. The van der Waals surface area contributed by atoms with Crippen molar-refractivity contribution >= 4 is 21.8 Å². The van der Waals surface area contributed by atoms with E-state index in [1.807, 2.05) is 43.1 Å². The molecule has 0 radical (unpaired) electrons. The molecule has 1 aromatic rings. The molecular weight excluding hydrogens is 268 g/mol. The molecule has 3 nitrogen and oxygen atoms in total. The predicted octanol–water partition coefficient (Wildman–Crippen LogP) is 2.14. The van der Waals surface area contributed by atoms with Gasteiger partial charge in [-0.1, -0.05) is 41.1 Å². The van der Waals surface area contributed by atoms with Gasteiger partial charge in [0.15, 0.2) is 0 Å². The van der Waals surface area contributed by atoms with E-state index in [1.54, 1.807) is 0 Å². The number of benzene rings is 1. The fourth-order valence-electron chi connectivity index (χ4n) is 1.74. The predicted molar refractivity (Wildman–Crippen MR) is 68.9 cm³/mol. The molecule has 0 aliphatic heterocycles. The van der Waals surface area contributed by atoms with Gasteiger partial charge in [0, 0.05) is 11.0 Å². The van der Waals surface area contributed by atoms with Gasteiger partial charge < -0.3 is 5.73 Å². The van der Waals surface area contributed by atoms with E-state index in [1.165, 1.54) is 0 Å². The largest absolute Gasteiger partial charge is 0.368 e. The third-order valence-electron chi connectivity index (χ3n) is 2.62. The monoisotopic (exact) mass is 284 g/mol. The summed E-state index contributed by atoms with van der Waals surface area (Å²) in [6.07, 6.45) is 0.732. The van der Waals surface area contributed by atoms with Crippen LogP contribution < -0.4 is 5.73 Å². The Morgan fingerprint density at radius 2 is 2.12 bits per heavy atom. The van der Waals surface area contributed by atoms with Crippen molar-refractivity contribution < 1.29 is 4.79 Å². The average molecular weight is 285 g/mol. The molecule has 0 aliphatic rings. The third kappa shape index (κ3) is 3.32. The molecule has 88 valence electrons. The van der Waals surface area contributed by atoms with Crippen molar-refractivity contribution in [3.63, 3.8) is 0 Å². The molecule has 0 aliphatic carbocycles. The smallest absolute Gasteiger partial charge is 0.234 e. The maximum atomic E-state index is 11.2. The summed E-state index contributed by atoms with van der Waals surface area (Å²) in [5, 5.41) is 0. The van der Waals surface area contributed by atoms with Crippen LogP contribution in [0.15, 0.2) is 28.7 Å². The van der Waals surface area contributed by atoms with Crippen LogP contribution >= 0.6 is 15.9 Å². The Labute approximate surface area is 105 Å². The van der Waals surface area contributed by atoms with Gasteiger partial charge >= 0.3 is 0 Å². The number of hydrogen-bond donors (Lipinski definition) is 1. The van der Waals surface area contributed by atoms with Gasteiger partial charge in [-0.15, -0.1) is 0 Å². The summed E-state index contributed by atoms with van der Waals surface area (Å²) in [5.74, 6) is -0.267. The SMILES string of the molecule is CCC(C(N)=O)N(C)Cc1ccccc1Br. The first kappa shape index (κ1) is 13.2. The van der Waals surface area contributed by atoms with E-state index in [9.17, 15) is 4.79 Å². The summed E-state index contributed by atoms with van der Waals surface area (Å²) in [4.78, 5) is 13.2. The highest BCUT2D eigenvalue weighted by Crippen LogP contribution is 2.18. The van der Waals surface area contributed by atoms with Crippen LogP contribution in [0.1, 0.15) is 18.9 Å². The first-order valence-electron chi connectivity index (χ1n) is 5.29. The number of nitrogens with zero attached hydrogens (tertiary/aromatic N) is 1. The molecule has 2 N–H and O–H groups in total. The van der Waals surface area contributed by atoms with E-state index in [2.05, 4.69) is 15.9 Å². The van der Waals surface area contributed by atoms with E-state index in [0.29, 0.717) is 6.54 Å². The van der Waals surface area contributed by atoms with Crippen LogP contribution in [0, 0.1) is 0 Å². The molecule has 1 amide bonds. The molecule has 0 aromatic heterocycles. The molecule has 16 heavy (non-hydrogen) atoms. The molecule has 0 saturated heterocycles. The van der Waals surface area contributed by atoms with Crippen molar-refractivity contribution in [2.24, 2.45) is 5.73 Å². The van der Waals surface area contributed by atoms with Crippen molar-refractivity contribution in [1.29, 1.82) is 0 Å². The lowest BCUT2D eigenvalue weighted by Gasteiger charge is -2.24. The van der Waals surface area contributed by atoms with E-state index in [0.717, 1.165) is 16.5 Å². The van der Waals surface area contributed by atoms with Crippen LogP contribution in [0.5, 0.6) is 0 Å². The molecular formula is C12H17BrN2O. The van der Waals surface area contributed by atoms with Gasteiger partial charge in [0.2, 0.25) is 5.91 Å². The highest BCUT2D eigenvalue weighted by Gasteiger charge is 2.18. The number of carbonyl (C=O) groups excluding carboxylic acids is 1. The molecule has 0 saturated carbocycles. The number of primary amides is 1. The number of likely N-dealkylation sites (N-methyl/N-ethyl adjacent to an activating group) is 1. The molecule has 1 aromatic carbocycles. The fraction of sp³-hybridized carbons (Fsp3) is 0.417. The first-order valence-corrected chi connectivity index (χ1v) is 6.08. The standard InChI is InChI=1S/C12H17BrN2O/c1-3-11(12(14)16)15(2)8-9-6-4-5-7-10(9)13/h4-7,11H,3,8H2,1-2H3,(H2,14,16). The number of nitrogens with two attached hydrogens (primary N) is 1. The van der Waals surface area contributed by atoms with Crippen molar-refractivity contribution in [3.05, 3.63) is 34.3 Å². The maximum Gasteiger partial charge on any atom is 0.234 e. The second-order valence-electron chi connectivity index (χ2n) is 3.83. The van der Waals surface area contributed by atoms with E-state index in [-0.39, 0.29) is 11.9 Å². The minimum Gasteiger partial charge on any atom is -0.368 e. The van der Waals surface area contributed by atoms with Gasteiger partial charge in [-0.25, -0.2) is 0 Å². The Balaban J connectivity index is 2.74. The van der Waals surface area contributed by atoms with Crippen molar-refractivity contribution in [3.8, 4) is 0 Å². The number of rotatable bonds is 5. The van der Waals surface area contributed by atoms with Gasteiger partial charge in [0.1, 0.15) is 0 Å². The summed E-state index contributed by atoms with van der Waals surface area (Å²) in [6, 6.07) is 7.79. The molecule has 0 bridgehead atoms. The average Bonchev–Trinajstić information content (AvgIpc) is 2.22. The van der Waals surface area contributed by atoms with Crippen molar-refractivity contribution in [2.45, 2.75) is 25.9 Å². The summed E-state index contributed by atoms with van der Waals surface area (Å²) >= 11 is 3.49. The molecule has 0 spiro atoms. The highest BCUT2D eigenvalue weighted by atomic mass is 79.9. The van der Waals surface area contributed by atoms with E-state index < -0.39 is 0 Å². The highest BCUT2D eigenvalue weighted by molar-refractivity contribution is 9.10. The lowest BCUT2D eigenvalue weighted by atomic mass is 10.1. The molecule has 1 rings (SSSR count). The number of carbonyl (C=O) groups is 1. The van der Waals surface area contributed by atoms with E-state index >= 15 is 0 Å². The zero-order chi connectivity index (χ0) is 12.1. The van der Waals surface area contributed by atoms with Crippen LogP contribution in [0.3, 0.4) is 0 Å². The number of hydrogen-bond acceptors (Lipinski definition) is 2. The maximum absolute atomic E-state index is 11.2. The number of halogens is 1. The van der Waals surface area contributed by atoms with Crippen LogP contribution in [-0.2, 0) is 11.3 Å². The van der Waals surface area contributed by atoms with Crippen LogP contribution in [-0.4, -0.2) is 23.9 Å². The second-order valence-corrected chi connectivity index (χ2v) is 4.69. The molecule has 0 fully saturated rings. The Bertz CT molecular complexity index is 368. The zero-order valence-electron chi connectivity index (χ0n) is 9.61. The Morgan fingerprint density at radius 3 is 2.62 bits per heavy atom. The minimum absolute atomic E-state index is 0.202. The first-order chi connectivity index (χ1) is 7.56. The summed E-state index contributed by atoms with van der Waals surface area (Å²) in [5.41, 5.74) is 6.50. The Hall–Kier alpha value is -0.870. The van der Waals surface area contributed by atoms with Crippen LogP contribution in [0.25, 0.3) is 0 Å². The van der Waals surface area contributed by atoms with Gasteiger partial charge in [-0.3, -0.25) is 9.69 Å². The van der Waals surface area contributed by atoms with Crippen LogP contribution in [0.2, 0.25) is 0 Å². The molecule has 1 atom stereocenters. The Morgan fingerprint density at radius 1 is 1.50 bits per heavy atom. The molecule has 0 heterocycles. The third-order valence-corrected chi connectivity index (χ3v) is 3.40. The normalized spacial score (nSPS) is 12.8. The summed E-state index contributed by atoms with van der Waals surface area (Å²) in [7, 11) is 1.92. The van der Waals surface area contributed by atoms with E-state index in [4.69, 9.17) is 5.73 Å². The molecule has 1 unspecified atom stereocenters. The van der Waals surface area contributed by atoms with Gasteiger partial charge in [-0.2, -0.15) is 0 Å². The summed E-state index contributed by atoms with van der Waals surface area (Å²) < 4.78 is 1.06. The fourth-order valence-corrected chi connectivity index (χ4v) is 2.15. The summed E-state index contributed by atoms with van der Waals surface area (Å²) in [6.45, 7) is 2.68. The van der Waals surface area contributed by atoms with Crippen molar-refractivity contribution in [1.82, 2.24) is 4.90 Å². The lowest BCUT2D eigenvalue weighted by molar-refractivity contribution is -0.123. The Kier molecular flexibility index (Phi) is 4.96. The quantitative estimate of drug-likeness (QED) is 0.901. The minimum atomic E-state index is -0.267. The van der Waals surface area contributed by atoms with Gasteiger partial charge in [0.05, 0.1) is 6.04 Å². The van der Waals surface area contributed by atoms with Gasteiger partial charge in [-0.05, 0) is 25.1 Å². The zero-order valence-corrected chi connectivity index (χ0v) is 11.2. The second kappa shape index (κ2) is 6.01. The lowest BCUT2D eigenvalue weighted by Crippen LogP contribution is -2.41. The topological polar surface area (TPSA) is 46.3 Å².